The lowest BCUT2D eigenvalue weighted by molar-refractivity contribution is -0.177. The Balaban J connectivity index is 1.68. The molecule has 0 aromatic carbocycles. The van der Waals surface area contributed by atoms with Gasteiger partial charge in [-0.3, -0.25) is 0 Å². The monoisotopic (exact) mass is 326 g/mol. The Hall–Kier alpha value is -0.190. The van der Waals surface area contributed by atoms with Crippen LogP contribution in [0.2, 0.25) is 0 Å². The van der Waals surface area contributed by atoms with E-state index in [-0.39, 0.29) is 28.8 Å². The molecule has 0 saturated heterocycles. The number of halogens is 1. The summed E-state index contributed by atoms with van der Waals surface area (Å²) in [5, 5.41) is 31.3. The van der Waals surface area contributed by atoms with Crippen molar-refractivity contribution >= 4 is 0 Å². The Labute approximate surface area is 138 Å². The lowest BCUT2D eigenvalue weighted by Crippen LogP contribution is -2.58. The van der Waals surface area contributed by atoms with E-state index in [1.165, 1.54) is 0 Å². The van der Waals surface area contributed by atoms with Gasteiger partial charge in [0.25, 0.3) is 0 Å². The van der Waals surface area contributed by atoms with Gasteiger partial charge in [-0.15, -0.1) is 0 Å². The average molecular weight is 326 g/mol. The van der Waals surface area contributed by atoms with E-state index in [4.69, 9.17) is 0 Å². The van der Waals surface area contributed by atoms with Crippen molar-refractivity contribution in [2.24, 2.45) is 34.5 Å². The number of fused-ring (bicyclic) bond motifs is 5. The topological polar surface area (TPSA) is 60.7 Å². The maximum atomic E-state index is 14.3. The largest absolute Gasteiger partial charge is 0.393 e. The van der Waals surface area contributed by atoms with Gasteiger partial charge in [-0.25, -0.2) is 4.39 Å². The van der Waals surface area contributed by atoms with E-state index in [0.717, 1.165) is 38.5 Å². The van der Waals surface area contributed by atoms with Crippen LogP contribution in [0.4, 0.5) is 4.39 Å². The summed E-state index contributed by atoms with van der Waals surface area (Å²) < 4.78 is 14.3. The predicted molar refractivity (Wildman–Crippen MR) is 85.4 cm³/mol. The summed E-state index contributed by atoms with van der Waals surface area (Å²) in [6, 6.07) is 0. The molecular weight excluding hydrogens is 295 g/mol. The van der Waals surface area contributed by atoms with E-state index in [9.17, 15) is 19.7 Å². The smallest absolute Gasteiger partial charge is 0.127 e. The molecule has 4 aliphatic carbocycles. The van der Waals surface area contributed by atoms with Gasteiger partial charge in [0.15, 0.2) is 0 Å². The van der Waals surface area contributed by atoms with Crippen LogP contribution in [0.15, 0.2) is 0 Å². The van der Waals surface area contributed by atoms with Crippen molar-refractivity contribution in [3.8, 4) is 0 Å². The number of rotatable bonds is 0. The summed E-state index contributed by atoms with van der Waals surface area (Å²) in [6.07, 6.45) is 2.97. The second-order valence-electron chi connectivity index (χ2n) is 9.47. The van der Waals surface area contributed by atoms with Crippen molar-refractivity contribution < 1.29 is 19.7 Å². The van der Waals surface area contributed by atoms with E-state index in [1.54, 1.807) is 0 Å². The zero-order valence-electron chi connectivity index (χ0n) is 14.3. The van der Waals surface area contributed by atoms with E-state index in [2.05, 4.69) is 6.92 Å². The van der Waals surface area contributed by atoms with Crippen molar-refractivity contribution in [3.05, 3.63) is 0 Å². The minimum Gasteiger partial charge on any atom is -0.393 e. The summed E-state index contributed by atoms with van der Waals surface area (Å²) in [5.74, 6) is 0.977. The molecule has 3 N–H and O–H groups in total. The lowest BCUT2D eigenvalue weighted by Gasteiger charge is -2.61. The predicted octanol–water partition coefficient (Wildman–Crippen LogP) is 2.67. The minimum atomic E-state index is -1.14. The van der Waals surface area contributed by atoms with Crippen LogP contribution in [-0.4, -0.2) is 39.8 Å². The molecule has 0 heterocycles. The molecule has 0 aromatic rings. The molecule has 0 amide bonds. The van der Waals surface area contributed by atoms with Crippen molar-refractivity contribution in [2.75, 3.05) is 0 Å². The van der Waals surface area contributed by atoms with Gasteiger partial charge in [-0.1, -0.05) is 13.8 Å². The van der Waals surface area contributed by atoms with Crippen LogP contribution in [0.3, 0.4) is 0 Å². The standard InChI is InChI=1S/C19H31FO3/c1-18-5-3-11(21)7-10(18)8-15(22)16-12(18)4-6-19(2)13(16)9-14(20)17(19)23/h10-17,21-23H,3-9H2,1-2H3/t10-,11-,12+,13+,14-,15-,16-,17+,18+,19+/m1/s1. The molecule has 0 unspecified atom stereocenters. The maximum Gasteiger partial charge on any atom is 0.127 e. The highest BCUT2D eigenvalue weighted by Gasteiger charge is 2.64. The van der Waals surface area contributed by atoms with Crippen LogP contribution in [0, 0.1) is 34.5 Å². The van der Waals surface area contributed by atoms with Crippen molar-refractivity contribution in [1.29, 1.82) is 0 Å². The number of hydrogen-bond donors (Lipinski definition) is 3. The second kappa shape index (κ2) is 5.15. The number of aliphatic hydroxyl groups excluding tert-OH is 3. The van der Waals surface area contributed by atoms with Crippen molar-refractivity contribution in [1.82, 2.24) is 0 Å². The van der Waals surface area contributed by atoms with Gasteiger partial charge in [-0.2, -0.15) is 0 Å². The molecule has 23 heavy (non-hydrogen) atoms. The zero-order chi connectivity index (χ0) is 16.6. The molecule has 0 aliphatic heterocycles. The Bertz CT molecular complexity index is 485. The van der Waals surface area contributed by atoms with Crippen molar-refractivity contribution in [3.63, 3.8) is 0 Å². The number of hydrogen-bond acceptors (Lipinski definition) is 3. The zero-order valence-corrected chi connectivity index (χ0v) is 14.3. The van der Waals surface area contributed by atoms with Gasteiger partial charge < -0.3 is 15.3 Å². The molecule has 4 saturated carbocycles. The first-order chi connectivity index (χ1) is 10.8. The molecule has 0 spiro atoms. The third-order valence-electron chi connectivity index (χ3n) is 8.59. The molecule has 132 valence electrons. The van der Waals surface area contributed by atoms with Crippen LogP contribution in [0.25, 0.3) is 0 Å². The highest BCUT2D eigenvalue weighted by molar-refractivity contribution is 5.13. The van der Waals surface area contributed by atoms with Crippen LogP contribution < -0.4 is 0 Å². The second-order valence-corrected chi connectivity index (χ2v) is 9.47. The number of alkyl halides is 1. The molecule has 4 rings (SSSR count). The Kier molecular flexibility index (Phi) is 3.65. The van der Waals surface area contributed by atoms with E-state index < -0.39 is 18.4 Å². The average Bonchev–Trinajstić information content (AvgIpc) is 2.73. The van der Waals surface area contributed by atoms with Crippen molar-refractivity contribution in [2.45, 2.75) is 83.3 Å². The lowest BCUT2D eigenvalue weighted by atomic mass is 9.44. The van der Waals surface area contributed by atoms with Crippen LogP contribution in [-0.2, 0) is 0 Å². The van der Waals surface area contributed by atoms with Crippen LogP contribution in [0.5, 0.6) is 0 Å². The van der Waals surface area contributed by atoms with Crippen LogP contribution in [0.1, 0.15) is 58.8 Å². The first kappa shape index (κ1) is 16.3. The van der Waals surface area contributed by atoms with E-state index in [0.29, 0.717) is 18.3 Å². The summed E-state index contributed by atoms with van der Waals surface area (Å²) >= 11 is 0. The third kappa shape index (κ3) is 2.10. The fraction of sp³-hybridized carbons (Fsp3) is 1.00. The molecule has 4 heteroatoms. The summed E-state index contributed by atoms with van der Waals surface area (Å²) in [5.41, 5.74) is -0.219. The van der Waals surface area contributed by atoms with Gasteiger partial charge in [-0.05, 0) is 79.4 Å². The van der Waals surface area contributed by atoms with E-state index in [1.807, 2.05) is 6.92 Å². The summed E-state index contributed by atoms with van der Waals surface area (Å²) in [7, 11) is 0. The van der Waals surface area contributed by atoms with Crippen LogP contribution >= 0.6 is 0 Å². The molecular formula is C19H31FO3. The molecule has 4 aliphatic rings. The molecule has 0 aromatic heterocycles. The molecule has 3 nitrogen and oxygen atoms in total. The SMILES string of the molecule is C[C@]12CC[C@@H](O)C[C@@H]1C[C@@H](O)[C@@H]1[C@@H]2CC[C@]2(C)[C@@H](O)[C@H](F)C[C@@H]12. The van der Waals surface area contributed by atoms with Gasteiger partial charge in [0.2, 0.25) is 0 Å². The quantitative estimate of drug-likeness (QED) is 0.641. The minimum absolute atomic E-state index is 0.0888. The summed E-state index contributed by atoms with van der Waals surface area (Å²) in [4.78, 5) is 0. The highest BCUT2D eigenvalue weighted by atomic mass is 19.1. The molecule has 0 radical (unpaired) electrons. The number of aliphatic hydroxyl groups is 3. The Morgan fingerprint density at radius 2 is 1.57 bits per heavy atom. The van der Waals surface area contributed by atoms with Gasteiger partial charge >= 0.3 is 0 Å². The third-order valence-corrected chi connectivity index (χ3v) is 8.59. The normalized spacial score (nSPS) is 62.3. The van der Waals surface area contributed by atoms with Gasteiger partial charge in [0, 0.05) is 0 Å². The fourth-order valence-corrected chi connectivity index (χ4v) is 7.15. The molecule has 10 atom stereocenters. The maximum absolute atomic E-state index is 14.3. The van der Waals surface area contributed by atoms with E-state index >= 15 is 0 Å². The highest BCUT2D eigenvalue weighted by Crippen LogP contribution is 2.66. The summed E-state index contributed by atoms with van der Waals surface area (Å²) in [6.45, 7) is 4.37. The molecule has 0 bridgehead atoms. The first-order valence-electron chi connectivity index (χ1n) is 9.45. The Morgan fingerprint density at radius 1 is 0.870 bits per heavy atom. The fourth-order valence-electron chi connectivity index (χ4n) is 7.15. The molecule has 4 fully saturated rings. The Morgan fingerprint density at radius 3 is 2.30 bits per heavy atom. The first-order valence-corrected chi connectivity index (χ1v) is 9.45. The van der Waals surface area contributed by atoms with Gasteiger partial charge in [0.05, 0.1) is 18.3 Å². The van der Waals surface area contributed by atoms with Gasteiger partial charge in [0.1, 0.15) is 6.17 Å².